The Morgan fingerprint density at radius 1 is 0.762 bits per heavy atom. The van der Waals surface area contributed by atoms with Gasteiger partial charge in [0.05, 0.1) is 12.2 Å². The third-order valence-corrected chi connectivity index (χ3v) is 5.60. The minimum absolute atomic E-state index is 0.0839. The van der Waals surface area contributed by atoms with Gasteiger partial charge in [-0.25, -0.2) is 0 Å². The van der Waals surface area contributed by atoms with Crippen molar-refractivity contribution in [2.45, 2.75) is 82.3 Å². The average molecular weight is 288 g/mol. The molecule has 2 nitrogen and oxygen atoms in total. The second kappa shape index (κ2) is 6.50. The first-order chi connectivity index (χ1) is 10.1. The molecule has 3 rings (SSSR count). The molecule has 0 amide bonds. The first-order valence-corrected chi connectivity index (χ1v) is 8.60. The van der Waals surface area contributed by atoms with Crippen molar-refractivity contribution in [2.24, 2.45) is 0 Å². The van der Waals surface area contributed by atoms with E-state index in [9.17, 15) is 10.2 Å². The van der Waals surface area contributed by atoms with Gasteiger partial charge in [0.1, 0.15) is 0 Å². The molecule has 2 aliphatic carbocycles. The summed E-state index contributed by atoms with van der Waals surface area (Å²) in [5.74, 6) is 1.24. The Labute approximate surface area is 128 Å². The standard InChI is InChI=1S/C19H28O2/c1-13-3-2-4-18(14-5-9-16(20)10-6-14)19(13)15-7-11-17(21)12-8-15/h2-4,14-17,20-21H,5-12H2,1H3. The van der Waals surface area contributed by atoms with Gasteiger partial charge in [-0.05, 0) is 86.8 Å². The Morgan fingerprint density at radius 3 is 1.86 bits per heavy atom. The minimum Gasteiger partial charge on any atom is -0.393 e. The lowest BCUT2D eigenvalue weighted by atomic mass is 9.74. The highest BCUT2D eigenvalue weighted by Crippen LogP contribution is 2.42. The molecule has 2 fully saturated rings. The molecule has 2 aliphatic rings. The van der Waals surface area contributed by atoms with Crippen LogP contribution in [0.2, 0.25) is 0 Å². The summed E-state index contributed by atoms with van der Waals surface area (Å²) in [7, 11) is 0. The van der Waals surface area contributed by atoms with Crippen LogP contribution in [0.5, 0.6) is 0 Å². The smallest absolute Gasteiger partial charge is 0.0540 e. The Hall–Kier alpha value is -0.860. The van der Waals surface area contributed by atoms with Crippen molar-refractivity contribution in [1.82, 2.24) is 0 Å². The van der Waals surface area contributed by atoms with Gasteiger partial charge in [0, 0.05) is 0 Å². The Balaban J connectivity index is 1.85. The largest absolute Gasteiger partial charge is 0.393 e. The van der Waals surface area contributed by atoms with E-state index < -0.39 is 0 Å². The van der Waals surface area contributed by atoms with Gasteiger partial charge in [-0.2, -0.15) is 0 Å². The molecular formula is C19H28O2. The number of aryl methyl sites for hydroxylation is 1. The van der Waals surface area contributed by atoms with Crippen LogP contribution in [-0.4, -0.2) is 22.4 Å². The fourth-order valence-electron chi connectivity index (χ4n) is 4.37. The number of aliphatic hydroxyl groups excluding tert-OH is 2. The summed E-state index contributed by atoms with van der Waals surface area (Å²) < 4.78 is 0. The molecule has 2 N–H and O–H groups in total. The summed E-state index contributed by atoms with van der Waals surface area (Å²) >= 11 is 0. The van der Waals surface area contributed by atoms with Crippen LogP contribution in [0, 0.1) is 6.92 Å². The van der Waals surface area contributed by atoms with E-state index in [1.165, 1.54) is 11.1 Å². The fourth-order valence-corrected chi connectivity index (χ4v) is 4.37. The maximum Gasteiger partial charge on any atom is 0.0540 e. The molecule has 1 aromatic rings. The summed E-state index contributed by atoms with van der Waals surface area (Å²) in [5, 5.41) is 19.5. The Bertz CT molecular complexity index is 466. The van der Waals surface area contributed by atoms with Crippen LogP contribution in [0.15, 0.2) is 18.2 Å². The molecule has 21 heavy (non-hydrogen) atoms. The van der Waals surface area contributed by atoms with Crippen LogP contribution in [-0.2, 0) is 0 Å². The molecule has 0 heterocycles. The zero-order valence-electron chi connectivity index (χ0n) is 13.1. The van der Waals surface area contributed by atoms with Crippen LogP contribution in [0.25, 0.3) is 0 Å². The van der Waals surface area contributed by atoms with Crippen molar-refractivity contribution in [3.8, 4) is 0 Å². The van der Waals surface area contributed by atoms with Crippen LogP contribution >= 0.6 is 0 Å². The van der Waals surface area contributed by atoms with Gasteiger partial charge < -0.3 is 10.2 Å². The van der Waals surface area contributed by atoms with Gasteiger partial charge in [-0.1, -0.05) is 18.2 Å². The average Bonchev–Trinajstić information content (AvgIpc) is 2.49. The van der Waals surface area contributed by atoms with E-state index in [4.69, 9.17) is 0 Å². The summed E-state index contributed by atoms with van der Waals surface area (Å²) in [6.07, 6.45) is 8.09. The maximum atomic E-state index is 9.76. The molecular weight excluding hydrogens is 260 g/mol. The van der Waals surface area contributed by atoms with Crippen LogP contribution in [0.3, 0.4) is 0 Å². The molecule has 2 heteroatoms. The molecule has 2 saturated carbocycles. The predicted molar refractivity (Wildman–Crippen MR) is 85.6 cm³/mol. The lowest BCUT2D eigenvalue weighted by Crippen LogP contribution is -2.21. The monoisotopic (exact) mass is 288 g/mol. The van der Waals surface area contributed by atoms with Gasteiger partial charge in [-0.15, -0.1) is 0 Å². The predicted octanol–water partition coefficient (Wildman–Crippen LogP) is 4.03. The number of hydrogen-bond donors (Lipinski definition) is 2. The molecule has 0 aromatic heterocycles. The molecule has 1 aromatic carbocycles. The van der Waals surface area contributed by atoms with Crippen molar-refractivity contribution < 1.29 is 10.2 Å². The van der Waals surface area contributed by atoms with Crippen LogP contribution in [0.4, 0.5) is 0 Å². The van der Waals surface area contributed by atoms with Gasteiger partial charge in [0.2, 0.25) is 0 Å². The number of aliphatic hydroxyl groups is 2. The quantitative estimate of drug-likeness (QED) is 0.862. The fraction of sp³-hybridized carbons (Fsp3) is 0.684. The van der Waals surface area contributed by atoms with E-state index in [0.29, 0.717) is 11.8 Å². The van der Waals surface area contributed by atoms with Crippen molar-refractivity contribution in [3.63, 3.8) is 0 Å². The van der Waals surface area contributed by atoms with Crippen molar-refractivity contribution in [1.29, 1.82) is 0 Å². The zero-order chi connectivity index (χ0) is 14.8. The van der Waals surface area contributed by atoms with Crippen molar-refractivity contribution in [2.75, 3.05) is 0 Å². The molecule has 0 aliphatic heterocycles. The van der Waals surface area contributed by atoms with E-state index in [2.05, 4.69) is 25.1 Å². The number of benzene rings is 1. The molecule has 0 spiro atoms. The second-order valence-electron chi connectivity index (χ2n) is 7.09. The highest BCUT2D eigenvalue weighted by atomic mass is 16.3. The van der Waals surface area contributed by atoms with Gasteiger partial charge in [-0.3, -0.25) is 0 Å². The lowest BCUT2D eigenvalue weighted by molar-refractivity contribution is 0.119. The van der Waals surface area contributed by atoms with E-state index in [0.717, 1.165) is 51.4 Å². The van der Waals surface area contributed by atoms with Crippen LogP contribution in [0.1, 0.15) is 79.9 Å². The van der Waals surface area contributed by atoms with Crippen molar-refractivity contribution >= 4 is 0 Å². The topological polar surface area (TPSA) is 40.5 Å². The lowest BCUT2D eigenvalue weighted by Gasteiger charge is -2.33. The van der Waals surface area contributed by atoms with Crippen LogP contribution < -0.4 is 0 Å². The molecule has 0 unspecified atom stereocenters. The first-order valence-electron chi connectivity index (χ1n) is 8.60. The number of rotatable bonds is 2. The normalized spacial score (nSPS) is 33.9. The molecule has 0 bridgehead atoms. The van der Waals surface area contributed by atoms with Crippen molar-refractivity contribution in [3.05, 3.63) is 34.9 Å². The molecule has 0 radical (unpaired) electrons. The second-order valence-corrected chi connectivity index (χ2v) is 7.09. The zero-order valence-corrected chi connectivity index (χ0v) is 13.1. The van der Waals surface area contributed by atoms with E-state index in [-0.39, 0.29) is 12.2 Å². The van der Waals surface area contributed by atoms with E-state index >= 15 is 0 Å². The van der Waals surface area contributed by atoms with Gasteiger partial charge in [0.25, 0.3) is 0 Å². The van der Waals surface area contributed by atoms with E-state index in [1.54, 1.807) is 5.56 Å². The number of hydrogen-bond acceptors (Lipinski definition) is 2. The summed E-state index contributed by atoms with van der Waals surface area (Å²) in [6.45, 7) is 2.24. The SMILES string of the molecule is Cc1cccc(C2CCC(O)CC2)c1C1CCC(O)CC1. The highest BCUT2D eigenvalue weighted by molar-refractivity contribution is 5.40. The Kier molecular flexibility index (Phi) is 4.66. The Morgan fingerprint density at radius 2 is 1.29 bits per heavy atom. The molecule has 0 saturated heterocycles. The summed E-state index contributed by atoms with van der Waals surface area (Å²) in [5.41, 5.74) is 4.51. The summed E-state index contributed by atoms with van der Waals surface area (Å²) in [6, 6.07) is 6.74. The maximum absolute atomic E-state index is 9.76. The molecule has 0 atom stereocenters. The van der Waals surface area contributed by atoms with E-state index in [1.807, 2.05) is 0 Å². The first kappa shape index (κ1) is 15.1. The van der Waals surface area contributed by atoms with Gasteiger partial charge >= 0.3 is 0 Å². The summed E-state index contributed by atoms with van der Waals surface area (Å²) in [4.78, 5) is 0. The third kappa shape index (κ3) is 3.32. The minimum atomic E-state index is -0.0847. The molecule has 116 valence electrons. The van der Waals surface area contributed by atoms with Gasteiger partial charge in [0.15, 0.2) is 0 Å². The third-order valence-electron chi connectivity index (χ3n) is 5.60. The highest BCUT2D eigenvalue weighted by Gasteiger charge is 2.28.